The molecule has 1 saturated heterocycles. The van der Waals surface area contributed by atoms with Gasteiger partial charge in [0.1, 0.15) is 23.0 Å². The van der Waals surface area contributed by atoms with Crippen molar-refractivity contribution in [3.63, 3.8) is 0 Å². The number of anilines is 3. The molecule has 0 unspecified atom stereocenters. The average molecular weight is 517 g/mol. The smallest absolute Gasteiger partial charge is 0.274 e. The van der Waals surface area contributed by atoms with E-state index in [2.05, 4.69) is 20.6 Å². The fraction of sp³-hybridized carbons (Fsp3) is 0.357. The lowest BCUT2D eigenvalue weighted by molar-refractivity contribution is -0.114. The van der Waals surface area contributed by atoms with Gasteiger partial charge in [0.25, 0.3) is 5.56 Å². The van der Waals surface area contributed by atoms with Crippen molar-refractivity contribution in [2.45, 2.75) is 38.5 Å². The Morgan fingerprint density at radius 3 is 2.53 bits per heavy atom. The Balaban J connectivity index is 0.000000529. The number of hydrogen-bond donors (Lipinski definition) is 2. The number of nitrogens with one attached hydrogen (secondary N) is 2. The summed E-state index contributed by atoms with van der Waals surface area (Å²) in [6, 6.07) is 10.9. The van der Waals surface area contributed by atoms with Crippen molar-refractivity contribution in [1.29, 1.82) is 0 Å². The minimum atomic E-state index is -0.200. The van der Waals surface area contributed by atoms with Crippen LogP contribution in [0.4, 0.5) is 17.5 Å². The molecule has 4 heterocycles. The number of hydrogen-bond acceptors (Lipinski definition) is 7. The minimum absolute atomic E-state index is 0.0943. The number of carbonyl (C=O) groups excluding carboxylic acids is 1. The highest BCUT2D eigenvalue weighted by atomic mass is 16.5. The van der Waals surface area contributed by atoms with Crippen molar-refractivity contribution in [2.24, 2.45) is 14.1 Å². The zero-order valence-corrected chi connectivity index (χ0v) is 21.9. The lowest BCUT2D eigenvalue weighted by Gasteiger charge is -2.10. The molecular formula is C28H32N6O4. The maximum atomic E-state index is 12.7. The quantitative estimate of drug-likeness (QED) is 0.377. The molecule has 1 aliphatic carbocycles. The van der Waals surface area contributed by atoms with Gasteiger partial charge in [-0.25, -0.2) is 9.97 Å². The molecule has 2 aliphatic rings. The summed E-state index contributed by atoms with van der Waals surface area (Å²) < 4.78 is 14.4. The number of rotatable bonds is 6. The summed E-state index contributed by atoms with van der Waals surface area (Å²) in [5.74, 6) is 2.50. The van der Waals surface area contributed by atoms with Crippen LogP contribution in [0.5, 0.6) is 11.5 Å². The largest absolute Gasteiger partial charge is 0.457 e. The Bertz CT molecular complexity index is 1510. The van der Waals surface area contributed by atoms with Gasteiger partial charge in [-0.15, -0.1) is 0 Å². The number of aryl methyl sites for hydroxylation is 2. The summed E-state index contributed by atoms with van der Waals surface area (Å²) in [4.78, 5) is 32.7. The van der Waals surface area contributed by atoms with Gasteiger partial charge in [-0.2, -0.15) is 0 Å². The number of pyridine rings is 2. The van der Waals surface area contributed by atoms with Crippen LogP contribution in [-0.2, 0) is 23.6 Å². The summed E-state index contributed by atoms with van der Waals surface area (Å²) >= 11 is 0. The molecule has 3 aromatic heterocycles. The summed E-state index contributed by atoms with van der Waals surface area (Å²) in [7, 11) is 3.66. The maximum Gasteiger partial charge on any atom is 0.274 e. The summed E-state index contributed by atoms with van der Waals surface area (Å²) in [6.07, 6.45) is 8.37. The van der Waals surface area contributed by atoms with E-state index in [0.717, 1.165) is 37.1 Å². The zero-order chi connectivity index (χ0) is 26.6. The zero-order valence-electron chi connectivity index (χ0n) is 21.9. The standard InChI is InChI=1S/C24H24N6O3.C4H8O/c1-14(31)26-22-12-18(8-9-25-22)33-17-6-7-19-21(11-17)30(3)24(27-19)28-20-10-16(15-4-5-15)13-29(2)23(20)32;1-2-4-5-3-1/h6-13,15H,4-5H2,1-3H3,(H,27,28)(H,25,26,31);1-4H2. The minimum Gasteiger partial charge on any atom is -0.457 e. The second-order valence-electron chi connectivity index (χ2n) is 9.63. The van der Waals surface area contributed by atoms with E-state index in [1.165, 1.54) is 25.3 Å². The van der Waals surface area contributed by atoms with Crippen molar-refractivity contribution in [3.05, 3.63) is 64.7 Å². The van der Waals surface area contributed by atoms with Crippen LogP contribution in [0, 0.1) is 0 Å². The van der Waals surface area contributed by atoms with Crippen LogP contribution >= 0.6 is 0 Å². The Kier molecular flexibility index (Phi) is 7.41. The highest BCUT2D eigenvalue weighted by Crippen LogP contribution is 2.40. The fourth-order valence-corrected chi connectivity index (χ4v) is 4.30. The number of aromatic nitrogens is 4. The van der Waals surface area contributed by atoms with Crippen LogP contribution in [0.2, 0.25) is 0 Å². The van der Waals surface area contributed by atoms with Crippen LogP contribution < -0.4 is 20.9 Å². The fourth-order valence-electron chi connectivity index (χ4n) is 4.30. The third kappa shape index (κ3) is 6.03. The predicted molar refractivity (Wildman–Crippen MR) is 146 cm³/mol. The Morgan fingerprint density at radius 1 is 1.08 bits per heavy atom. The normalized spacial score (nSPS) is 14.6. The third-order valence-electron chi connectivity index (χ3n) is 6.45. The van der Waals surface area contributed by atoms with Crippen molar-refractivity contribution < 1.29 is 14.3 Å². The molecule has 38 heavy (non-hydrogen) atoms. The van der Waals surface area contributed by atoms with Crippen molar-refractivity contribution in [1.82, 2.24) is 19.1 Å². The second-order valence-corrected chi connectivity index (χ2v) is 9.63. The lowest BCUT2D eigenvalue weighted by Crippen LogP contribution is -2.20. The van der Waals surface area contributed by atoms with E-state index >= 15 is 0 Å². The van der Waals surface area contributed by atoms with E-state index in [4.69, 9.17) is 9.47 Å². The van der Waals surface area contributed by atoms with E-state index in [0.29, 0.717) is 34.9 Å². The number of amides is 1. The maximum absolute atomic E-state index is 12.7. The highest BCUT2D eigenvalue weighted by molar-refractivity contribution is 5.87. The van der Waals surface area contributed by atoms with Crippen LogP contribution in [0.15, 0.2) is 53.6 Å². The molecule has 2 fully saturated rings. The van der Waals surface area contributed by atoms with Crippen LogP contribution in [0.1, 0.15) is 44.1 Å². The van der Waals surface area contributed by atoms with Gasteiger partial charge in [-0.1, -0.05) is 0 Å². The molecular weight excluding hydrogens is 484 g/mol. The van der Waals surface area contributed by atoms with Gasteiger partial charge in [0, 0.05) is 58.8 Å². The predicted octanol–water partition coefficient (Wildman–Crippen LogP) is 4.84. The first-order chi connectivity index (χ1) is 18.4. The van der Waals surface area contributed by atoms with Gasteiger partial charge in [-0.05, 0) is 61.4 Å². The molecule has 0 radical (unpaired) electrons. The van der Waals surface area contributed by atoms with E-state index < -0.39 is 0 Å². The number of imidazole rings is 1. The van der Waals surface area contributed by atoms with Crippen molar-refractivity contribution in [3.8, 4) is 11.5 Å². The van der Waals surface area contributed by atoms with Crippen LogP contribution in [0.25, 0.3) is 11.0 Å². The highest BCUT2D eigenvalue weighted by Gasteiger charge is 2.25. The molecule has 10 nitrogen and oxygen atoms in total. The number of ether oxygens (including phenoxy) is 2. The first kappa shape index (κ1) is 25.5. The van der Waals surface area contributed by atoms with E-state index in [9.17, 15) is 9.59 Å². The number of nitrogens with zero attached hydrogens (tertiary/aromatic N) is 4. The molecule has 4 aromatic rings. The molecule has 0 atom stereocenters. The molecule has 0 bridgehead atoms. The van der Waals surface area contributed by atoms with Gasteiger partial charge in [0.15, 0.2) is 0 Å². The van der Waals surface area contributed by atoms with Gasteiger partial charge in [0.05, 0.1) is 11.0 Å². The monoisotopic (exact) mass is 516 g/mol. The average Bonchev–Trinajstić information content (AvgIpc) is 3.45. The molecule has 1 saturated carbocycles. The number of fused-ring (bicyclic) bond motifs is 1. The molecule has 6 rings (SSSR count). The van der Waals surface area contributed by atoms with E-state index in [-0.39, 0.29) is 11.5 Å². The van der Waals surface area contributed by atoms with Gasteiger partial charge < -0.3 is 29.2 Å². The molecule has 2 N–H and O–H groups in total. The second kappa shape index (κ2) is 11.1. The first-order valence-electron chi connectivity index (χ1n) is 12.8. The topological polar surface area (TPSA) is 112 Å². The Labute approximate surface area is 220 Å². The van der Waals surface area contributed by atoms with Crippen LogP contribution in [-0.4, -0.2) is 38.2 Å². The number of carbonyl (C=O) groups is 1. The Hall–Kier alpha value is -4.18. The van der Waals surface area contributed by atoms with Crippen molar-refractivity contribution in [2.75, 3.05) is 23.8 Å². The SMILES string of the molecule is C1CCOC1.CC(=O)Nc1cc(Oc2ccc3nc(Nc4cc(C5CC5)cn(C)c4=O)n(C)c3c2)ccn1. The molecule has 0 spiro atoms. The molecule has 1 aromatic carbocycles. The van der Waals surface area contributed by atoms with Gasteiger partial charge in [0.2, 0.25) is 11.9 Å². The number of benzene rings is 1. The molecule has 1 aliphatic heterocycles. The van der Waals surface area contributed by atoms with E-state index in [1.54, 1.807) is 29.9 Å². The summed E-state index contributed by atoms with van der Waals surface area (Å²) in [5.41, 5.74) is 3.21. The third-order valence-corrected chi connectivity index (χ3v) is 6.45. The summed E-state index contributed by atoms with van der Waals surface area (Å²) in [5, 5.41) is 5.86. The molecule has 1 amide bonds. The molecule has 10 heteroatoms. The van der Waals surface area contributed by atoms with Crippen molar-refractivity contribution >= 4 is 34.4 Å². The van der Waals surface area contributed by atoms with Gasteiger partial charge >= 0.3 is 0 Å². The lowest BCUT2D eigenvalue weighted by atomic mass is 10.2. The van der Waals surface area contributed by atoms with E-state index in [1.807, 2.05) is 42.1 Å². The first-order valence-corrected chi connectivity index (χ1v) is 12.8. The van der Waals surface area contributed by atoms with Crippen LogP contribution in [0.3, 0.4) is 0 Å². The molecule has 198 valence electrons. The summed E-state index contributed by atoms with van der Waals surface area (Å²) in [6.45, 7) is 3.43. The Morgan fingerprint density at radius 2 is 1.84 bits per heavy atom. The van der Waals surface area contributed by atoms with Gasteiger partial charge in [-0.3, -0.25) is 9.59 Å².